The number of nitrogens with one attached hydrogen (secondary N) is 1. The first-order valence-electron chi connectivity index (χ1n) is 9.21. The van der Waals surface area contributed by atoms with Crippen molar-refractivity contribution in [1.29, 1.82) is 0 Å². The van der Waals surface area contributed by atoms with Crippen molar-refractivity contribution in [2.45, 2.75) is 4.90 Å². The molecule has 0 amide bonds. The number of hydrogen-bond donors (Lipinski definition) is 1. The van der Waals surface area contributed by atoms with Gasteiger partial charge in [-0.3, -0.25) is 13.9 Å². The zero-order valence-corrected chi connectivity index (χ0v) is 18.5. The second-order valence-corrected chi connectivity index (χ2v) is 8.65. The Morgan fingerprint density at radius 3 is 2.50 bits per heavy atom. The maximum atomic E-state index is 12.9. The molecule has 1 N–H and O–H groups in total. The predicted octanol–water partition coefficient (Wildman–Crippen LogP) is 3.23. The summed E-state index contributed by atoms with van der Waals surface area (Å²) in [6, 6.07) is 11.0. The Balaban J connectivity index is 1.80. The molecule has 4 rings (SSSR count). The van der Waals surface area contributed by atoms with Crippen molar-refractivity contribution in [3.8, 4) is 22.8 Å². The topological polar surface area (TPSA) is 112 Å². The molecule has 0 saturated carbocycles. The highest BCUT2D eigenvalue weighted by molar-refractivity contribution is 7.92. The van der Waals surface area contributed by atoms with Gasteiger partial charge in [0.2, 0.25) is 11.6 Å². The summed E-state index contributed by atoms with van der Waals surface area (Å²) in [5.74, 6) is 0.173. The first kappa shape index (κ1) is 21.6. The molecule has 0 aliphatic rings. The Morgan fingerprint density at radius 1 is 1.00 bits per heavy atom. The van der Waals surface area contributed by atoms with Gasteiger partial charge in [-0.1, -0.05) is 23.7 Å². The molecule has 0 bridgehead atoms. The number of halogens is 1. The first-order chi connectivity index (χ1) is 15.3. The number of sulfonamides is 1. The number of nitrogens with zero attached hydrogens (tertiary/aromatic N) is 3. The number of hydrogen-bond acceptors (Lipinski definition) is 7. The van der Waals surface area contributed by atoms with Crippen molar-refractivity contribution in [2.24, 2.45) is 0 Å². The minimum absolute atomic E-state index is 0.0747. The summed E-state index contributed by atoms with van der Waals surface area (Å²) in [4.78, 5) is 20.8. The molecule has 9 nitrogen and oxygen atoms in total. The largest absolute Gasteiger partial charge is 0.490 e. The van der Waals surface area contributed by atoms with Gasteiger partial charge in [0.15, 0.2) is 0 Å². The van der Waals surface area contributed by atoms with E-state index in [0.717, 1.165) is 0 Å². The molecule has 4 aromatic rings. The summed E-state index contributed by atoms with van der Waals surface area (Å²) in [5.41, 5.74) is 1.31. The molecule has 0 spiro atoms. The van der Waals surface area contributed by atoms with E-state index in [0.29, 0.717) is 16.8 Å². The highest BCUT2D eigenvalue weighted by atomic mass is 35.5. The minimum Gasteiger partial charge on any atom is -0.490 e. The lowest BCUT2D eigenvalue weighted by molar-refractivity contribution is 0.400. The van der Waals surface area contributed by atoms with Crippen molar-refractivity contribution >= 4 is 33.0 Å². The molecule has 11 heteroatoms. The number of ether oxygens (including phenoxy) is 2. The summed E-state index contributed by atoms with van der Waals surface area (Å²) >= 11 is 6.06. The third kappa shape index (κ3) is 3.97. The summed E-state index contributed by atoms with van der Waals surface area (Å²) in [6.45, 7) is 0. The normalized spacial score (nSPS) is 11.3. The Hall–Kier alpha value is -3.63. The van der Waals surface area contributed by atoms with Crippen LogP contribution in [0.1, 0.15) is 0 Å². The lowest BCUT2D eigenvalue weighted by Gasteiger charge is -2.13. The lowest BCUT2D eigenvalue weighted by Crippen LogP contribution is -2.16. The van der Waals surface area contributed by atoms with Gasteiger partial charge in [0.1, 0.15) is 16.2 Å². The molecule has 0 fully saturated rings. The van der Waals surface area contributed by atoms with Gasteiger partial charge in [0, 0.05) is 23.5 Å². The van der Waals surface area contributed by atoms with Gasteiger partial charge in [-0.25, -0.2) is 18.4 Å². The average Bonchev–Trinajstić information content (AvgIpc) is 2.79. The molecule has 0 unspecified atom stereocenters. The molecule has 0 aliphatic heterocycles. The maximum absolute atomic E-state index is 12.9. The third-order valence-electron chi connectivity index (χ3n) is 4.64. The number of pyridine rings is 2. The molecule has 3 aromatic heterocycles. The maximum Gasteiger partial charge on any atom is 0.300 e. The van der Waals surface area contributed by atoms with Crippen LogP contribution in [0.25, 0.3) is 16.8 Å². The predicted molar refractivity (Wildman–Crippen MR) is 120 cm³/mol. The van der Waals surface area contributed by atoms with E-state index in [4.69, 9.17) is 21.1 Å². The van der Waals surface area contributed by atoms with Gasteiger partial charge < -0.3 is 9.47 Å². The van der Waals surface area contributed by atoms with Crippen LogP contribution in [0.2, 0.25) is 5.02 Å². The van der Waals surface area contributed by atoms with E-state index in [1.54, 1.807) is 36.5 Å². The van der Waals surface area contributed by atoms with Crippen molar-refractivity contribution < 1.29 is 17.9 Å². The lowest BCUT2D eigenvalue weighted by atomic mass is 10.1. The third-order valence-corrected chi connectivity index (χ3v) is 6.50. The zero-order chi connectivity index (χ0) is 22.9. The smallest absolute Gasteiger partial charge is 0.300 e. The quantitative estimate of drug-likeness (QED) is 0.458. The minimum atomic E-state index is -4.01. The molecule has 0 saturated heterocycles. The van der Waals surface area contributed by atoms with Crippen LogP contribution in [0.4, 0.5) is 5.69 Å². The van der Waals surface area contributed by atoms with Crippen molar-refractivity contribution in [2.75, 3.05) is 18.9 Å². The van der Waals surface area contributed by atoms with E-state index >= 15 is 0 Å². The van der Waals surface area contributed by atoms with Gasteiger partial charge >= 0.3 is 0 Å². The Morgan fingerprint density at radius 2 is 1.78 bits per heavy atom. The van der Waals surface area contributed by atoms with Gasteiger partial charge in [0.25, 0.3) is 15.6 Å². The summed E-state index contributed by atoms with van der Waals surface area (Å²) in [6.07, 6.45) is 4.43. The number of methoxy groups -OCH3 is 2. The van der Waals surface area contributed by atoms with Crippen LogP contribution in [0.5, 0.6) is 11.6 Å². The van der Waals surface area contributed by atoms with Crippen LogP contribution in [0, 0.1) is 0 Å². The number of rotatable bonds is 6. The van der Waals surface area contributed by atoms with Gasteiger partial charge in [-0.05, 0) is 30.3 Å². The van der Waals surface area contributed by atoms with Gasteiger partial charge in [-0.15, -0.1) is 0 Å². The standard InChI is InChI=1S/C21H17ClN4O5S/c1-30-17-11-23-19-8-7-13(12-26(19)21(17)27)14-9-16(20(31-2)24-10-14)25-32(28,29)18-6-4-3-5-15(18)22/h3-12,25H,1-2H3. The van der Waals surface area contributed by atoms with Crippen molar-refractivity contribution in [3.05, 3.63) is 76.4 Å². The highest BCUT2D eigenvalue weighted by Crippen LogP contribution is 2.31. The van der Waals surface area contributed by atoms with E-state index in [-0.39, 0.29) is 32.8 Å². The van der Waals surface area contributed by atoms with Crippen LogP contribution < -0.4 is 19.8 Å². The van der Waals surface area contributed by atoms with E-state index in [1.807, 2.05) is 0 Å². The monoisotopic (exact) mass is 472 g/mol. The van der Waals surface area contributed by atoms with Crippen LogP contribution in [0.3, 0.4) is 0 Å². The fourth-order valence-corrected chi connectivity index (χ4v) is 4.65. The number of aromatic nitrogens is 3. The van der Waals surface area contributed by atoms with Gasteiger partial charge in [0.05, 0.1) is 25.4 Å². The van der Waals surface area contributed by atoms with E-state index in [1.165, 1.54) is 43.1 Å². The summed E-state index contributed by atoms with van der Waals surface area (Å²) in [7, 11) is -1.24. The zero-order valence-electron chi connectivity index (χ0n) is 16.9. The second kappa shape index (κ2) is 8.48. The van der Waals surface area contributed by atoms with E-state index < -0.39 is 10.0 Å². The summed E-state index contributed by atoms with van der Waals surface area (Å²) in [5, 5.41) is 0.0819. The average molecular weight is 473 g/mol. The number of anilines is 1. The fraction of sp³-hybridized carbons (Fsp3) is 0.0952. The van der Waals surface area contributed by atoms with Gasteiger partial charge in [-0.2, -0.15) is 0 Å². The molecule has 0 atom stereocenters. The SMILES string of the molecule is COc1ncc(-c2ccc3ncc(OC)c(=O)n3c2)cc1NS(=O)(=O)c1ccccc1Cl. The van der Waals surface area contributed by atoms with Crippen LogP contribution in [0.15, 0.2) is 70.7 Å². The van der Waals surface area contributed by atoms with E-state index in [9.17, 15) is 13.2 Å². The molecular weight excluding hydrogens is 456 g/mol. The Labute approximate surface area is 188 Å². The Bertz CT molecular complexity index is 1490. The molecule has 32 heavy (non-hydrogen) atoms. The van der Waals surface area contributed by atoms with Crippen LogP contribution in [-0.2, 0) is 10.0 Å². The molecule has 0 aliphatic carbocycles. The van der Waals surface area contributed by atoms with Crippen molar-refractivity contribution in [1.82, 2.24) is 14.4 Å². The number of fused-ring (bicyclic) bond motifs is 1. The van der Waals surface area contributed by atoms with Crippen LogP contribution >= 0.6 is 11.6 Å². The molecule has 1 aromatic carbocycles. The molecule has 3 heterocycles. The van der Waals surface area contributed by atoms with E-state index in [2.05, 4.69) is 14.7 Å². The molecule has 0 radical (unpaired) electrons. The second-order valence-electron chi connectivity index (χ2n) is 6.59. The highest BCUT2D eigenvalue weighted by Gasteiger charge is 2.20. The fourth-order valence-electron chi connectivity index (χ4n) is 3.08. The Kier molecular flexibility index (Phi) is 5.72. The molecule has 164 valence electrons. The van der Waals surface area contributed by atoms with Crippen molar-refractivity contribution in [3.63, 3.8) is 0 Å². The first-order valence-corrected chi connectivity index (χ1v) is 11.1. The molecular formula is C21H17ClN4O5S. The number of benzene rings is 1. The summed E-state index contributed by atoms with van der Waals surface area (Å²) < 4.78 is 39.8. The van der Waals surface area contributed by atoms with Crippen LogP contribution in [-0.4, -0.2) is 37.0 Å².